The van der Waals surface area contributed by atoms with Gasteiger partial charge < -0.3 is 19.9 Å². The number of hydrogen-bond acceptors (Lipinski definition) is 4. The Balaban J connectivity index is 2.11. The maximum Gasteiger partial charge on any atom is 0.255 e. The Kier molecular flexibility index (Phi) is 4.27. The molecule has 5 nitrogen and oxygen atoms in total. The van der Waals surface area contributed by atoms with Crippen LogP contribution in [0.4, 0.5) is 0 Å². The van der Waals surface area contributed by atoms with E-state index >= 15 is 0 Å². The van der Waals surface area contributed by atoms with Crippen molar-refractivity contribution in [2.24, 2.45) is 0 Å². The highest BCUT2D eigenvalue weighted by Crippen LogP contribution is 2.33. The van der Waals surface area contributed by atoms with Crippen molar-refractivity contribution in [3.63, 3.8) is 0 Å². The van der Waals surface area contributed by atoms with E-state index in [1.54, 1.807) is 25.1 Å². The summed E-state index contributed by atoms with van der Waals surface area (Å²) in [4.78, 5) is 12.2. The van der Waals surface area contributed by atoms with Gasteiger partial charge in [0, 0.05) is 6.04 Å². The molecule has 1 heterocycles. The summed E-state index contributed by atoms with van der Waals surface area (Å²) in [6.07, 6.45) is 0.0672. The van der Waals surface area contributed by atoms with Gasteiger partial charge in [-0.15, -0.1) is 0 Å². The topological polar surface area (TPSA) is 67.8 Å². The van der Waals surface area contributed by atoms with Gasteiger partial charge in [0.1, 0.15) is 13.2 Å². The molecule has 2 rings (SSSR count). The maximum absolute atomic E-state index is 12.2. The van der Waals surface area contributed by atoms with E-state index in [0.29, 0.717) is 36.7 Å². The van der Waals surface area contributed by atoms with E-state index in [4.69, 9.17) is 9.47 Å². The molecule has 1 aromatic rings. The maximum atomic E-state index is 12.2. The zero-order chi connectivity index (χ0) is 13.8. The summed E-state index contributed by atoms with van der Waals surface area (Å²) in [5.74, 6) is 0.882. The molecule has 2 unspecified atom stereocenters. The van der Waals surface area contributed by atoms with Crippen molar-refractivity contribution < 1.29 is 19.4 Å². The molecule has 0 spiro atoms. The number of aliphatic hydroxyl groups excluding tert-OH is 1. The predicted molar refractivity (Wildman–Crippen MR) is 70.7 cm³/mol. The Labute approximate surface area is 112 Å². The second-order valence-electron chi connectivity index (χ2n) is 4.79. The Hall–Kier alpha value is -1.75. The molecule has 0 saturated carbocycles. The summed E-state index contributed by atoms with van der Waals surface area (Å²) in [6, 6.07) is 5.15. The fourth-order valence-corrected chi connectivity index (χ4v) is 2.12. The van der Waals surface area contributed by atoms with Gasteiger partial charge in [0.15, 0.2) is 11.5 Å². The highest BCUT2D eigenvalue weighted by atomic mass is 16.6. The van der Waals surface area contributed by atoms with Gasteiger partial charge in [-0.3, -0.25) is 4.79 Å². The molecule has 1 amide bonds. The average molecular weight is 265 g/mol. The highest BCUT2D eigenvalue weighted by Gasteiger charge is 2.21. The molecule has 2 N–H and O–H groups in total. The van der Waals surface area contributed by atoms with E-state index in [0.717, 1.165) is 0 Å². The van der Waals surface area contributed by atoms with Crippen molar-refractivity contribution in [2.45, 2.75) is 32.4 Å². The van der Waals surface area contributed by atoms with Crippen LogP contribution in [0.3, 0.4) is 0 Å². The molecule has 0 saturated heterocycles. The van der Waals surface area contributed by atoms with Crippen LogP contribution in [-0.4, -0.2) is 36.4 Å². The van der Waals surface area contributed by atoms with E-state index in [1.165, 1.54) is 0 Å². The predicted octanol–water partition coefficient (Wildman–Crippen LogP) is 1.35. The normalized spacial score (nSPS) is 16.6. The number of hydrogen-bond donors (Lipinski definition) is 2. The number of carbonyl (C=O) groups is 1. The Morgan fingerprint density at radius 2 is 2.11 bits per heavy atom. The molecule has 1 aromatic carbocycles. The van der Waals surface area contributed by atoms with Crippen molar-refractivity contribution in [1.29, 1.82) is 0 Å². The lowest BCUT2D eigenvalue weighted by atomic mass is 10.1. The van der Waals surface area contributed by atoms with E-state index in [1.807, 2.05) is 6.92 Å². The van der Waals surface area contributed by atoms with Crippen molar-refractivity contribution in [1.82, 2.24) is 5.32 Å². The summed E-state index contributed by atoms with van der Waals surface area (Å²) in [5, 5.41) is 12.1. The van der Waals surface area contributed by atoms with Crippen LogP contribution in [0.15, 0.2) is 18.2 Å². The number of amides is 1. The lowest BCUT2D eigenvalue weighted by molar-refractivity contribution is 0.0912. The van der Waals surface area contributed by atoms with Crippen LogP contribution in [0.2, 0.25) is 0 Å². The zero-order valence-electron chi connectivity index (χ0n) is 11.2. The third-order valence-corrected chi connectivity index (χ3v) is 2.88. The molecule has 0 radical (unpaired) electrons. The number of fused-ring (bicyclic) bond motifs is 1. The first-order chi connectivity index (χ1) is 9.08. The van der Waals surface area contributed by atoms with Crippen molar-refractivity contribution in [2.75, 3.05) is 13.2 Å². The molecule has 1 aliphatic heterocycles. The number of para-hydroxylation sites is 1. The highest BCUT2D eigenvalue weighted by molar-refractivity contribution is 5.98. The van der Waals surface area contributed by atoms with Gasteiger partial charge >= 0.3 is 0 Å². The van der Waals surface area contributed by atoms with Gasteiger partial charge in [-0.2, -0.15) is 0 Å². The summed E-state index contributed by atoms with van der Waals surface area (Å²) in [5.41, 5.74) is 0.467. The van der Waals surface area contributed by atoms with E-state index < -0.39 is 6.10 Å². The Morgan fingerprint density at radius 1 is 1.37 bits per heavy atom. The molecule has 5 heteroatoms. The van der Waals surface area contributed by atoms with E-state index in [9.17, 15) is 9.90 Å². The van der Waals surface area contributed by atoms with Gasteiger partial charge in [0.2, 0.25) is 0 Å². The lowest BCUT2D eigenvalue weighted by Crippen LogP contribution is -2.35. The average Bonchev–Trinajstić information content (AvgIpc) is 2.36. The van der Waals surface area contributed by atoms with Crippen molar-refractivity contribution >= 4 is 5.91 Å². The number of ether oxygens (including phenoxy) is 2. The third kappa shape index (κ3) is 3.38. The van der Waals surface area contributed by atoms with Crippen LogP contribution in [-0.2, 0) is 0 Å². The molecular formula is C14H19NO4. The Morgan fingerprint density at radius 3 is 2.84 bits per heavy atom. The minimum absolute atomic E-state index is 0.104. The number of carbonyl (C=O) groups excluding carboxylic acids is 1. The molecular weight excluding hydrogens is 246 g/mol. The Bertz CT molecular complexity index is 459. The molecule has 0 aliphatic carbocycles. The SMILES string of the molecule is CC(O)CC(C)NC(=O)c1cccc2c1OCCO2. The molecule has 2 atom stereocenters. The van der Waals surface area contributed by atoms with Gasteiger partial charge in [0.05, 0.1) is 11.7 Å². The van der Waals surface area contributed by atoms with E-state index in [2.05, 4.69) is 5.32 Å². The fourth-order valence-electron chi connectivity index (χ4n) is 2.12. The van der Waals surface area contributed by atoms with Gasteiger partial charge in [0.25, 0.3) is 5.91 Å². The first-order valence-electron chi connectivity index (χ1n) is 6.45. The quantitative estimate of drug-likeness (QED) is 0.862. The fraction of sp³-hybridized carbons (Fsp3) is 0.500. The largest absolute Gasteiger partial charge is 0.486 e. The van der Waals surface area contributed by atoms with Crippen LogP contribution < -0.4 is 14.8 Å². The van der Waals surface area contributed by atoms with Crippen molar-refractivity contribution in [3.05, 3.63) is 23.8 Å². The number of benzene rings is 1. The number of rotatable bonds is 4. The third-order valence-electron chi connectivity index (χ3n) is 2.88. The van der Waals surface area contributed by atoms with Crippen LogP contribution >= 0.6 is 0 Å². The summed E-state index contributed by atoms with van der Waals surface area (Å²) < 4.78 is 10.9. The van der Waals surface area contributed by atoms with Gasteiger partial charge in [-0.25, -0.2) is 0 Å². The molecule has 19 heavy (non-hydrogen) atoms. The second kappa shape index (κ2) is 5.93. The second-order valence-corrected chi connectivity index (χ2v) is 4.79. The number of nitrogens with one attached hydrogen (secondary N) is 1. The molecule has 0 aromatic heterocycles. The molecule has 1 aliphatic rings. The smallest absolute Gasteiger partial charge is 0.255 e. The van der Waals surface area contributed by atoms with Gasteiger partial charge in [-0.05, 0) is 32.4 Å². The first kappa shape index (κ1) is 13.7. The van der Waals surface area contributed by atoms with Crippen LogP contribution in [0, 0.1) is 0 Å². The summed E-state index contributed by atoms with van der Waals surface area (Å²) in [7, 11) is 0. The van der Waals surface area contributed by atoms with Crippen LogP contribution in [0.25, 0.3) is 0 Å². The lowest BCUT2D eigenvalue weighted by Gasteiger charge is -2.21. The minimum Gasteiger partial charge on any atom is -0.486 e. The van der Waals surface area contributed by atoms with Crippen molar-refractivity contribution in [3.8, 4) is 11.5 Å². The van der Waals surface area contributed by atoms with Gasteiger partial charge in [-0.1, -0.05) is 6.07 Å². The summed E-state index contributed by atoms with van der Waals surface area (Å²) in [6.45, 7) is 4.50. The zero-order valence-corrected chi connectivity index (χ0v) is 11.2. The molecule has 0 fully saturated rings. The minimum atomic E-state index is -0.445. The molecule has 104 valence electrons. The summed E-state index contributed by atoms with van der Waals surface area (Å²) >= 11 is 0. The van der Waals surface area contributed by atoms with Crippen LogP contribution in [0.5, 0.6) is 11.5 Å². The number of aliphatic hydroxyl groups is 1. The van der Waals surface area contributed by atoms with Crippen LogP contribution in [0.1, 0.15) is 30.6 Å². The van der Waals surface area contributed by atoms with E-state index in [-0.39, 0.29) is 11.9 Å². The standard InChI is InChI=1S/C14H19NO4/c1-9(8-10(2)16)15-14(17)11-4-3-5-12-13(11)19-7-6-18-12/h3-5,9-10,16H,6-8H2,1-2H3,(H,15,17). The molecule has 0 bridgehead atoms. The monoisotopic (exact) mass is 265 g/mol. The first-order valence-corrected chi connectivity index (χ1v) is 6.45.